The molecule has 2 rings (SSSR count). The van der Waals surface area contributed by atoms with Crippen LogP contribution in [0, 0.1) is 0 Å². The number of nitrogens with two attached hydrogens (primary N) is 1. The monoisotopic (exact) mass is 333 g/mol. The largest absolute Gasteiger partial charge is 0.444 e. The number of anilines is 2. The molecule has 0 atom stereocenters. The zero-order valence-electron chi connectivity index (χ0n) is 13.7. The minimum atomic E-state index is -0.492. The van der Waals surface area contributed by atoms with Gasteiger partial charge in [0.25, 0.3) is 0 Å². The van der Waals surface area contributed by atoms with Crippen molar-refractivity contribution in [3.8, 4) is 0 Å². The number of ether oxygens (including phenoxy) is 1. The van der Waals surface area contributed by atoms with Crippen molar-refractivity contribution in [1.29, 1.82) is 0 Å². The zero-order valence-corrected chi connectivity index (χ0v) is 14.5. The van der Waals surface area contributed by atoms with Crippen molar-refractivity contribution in [2.24, 2.45) is 0 Å². The van der Waals surface area contributed by atoms with Crippen molar-refractivity contribution in [2.45, 2.75) is 39.5 Å². The lowest BCUT2D eigenvalue weighted by Gasteiger charge is -2.19. The number of rotatable bonds is 5. The van der Waals surface area contributed by atoms with Gasteiger partial charge in [-0.2, -0.15) is 0 Å². The first-order chi connectivity index (χ1) is 10.8. The minimum Gasteiger partial charge on any atom is -0.444 e. The van der Waals surface area contributed by atoms with E-state index in [0.717, 1.165) is 21.8 Å². The van der Waals surface area contributed by atoms with Crippen molar-refractivity contribution in [2.75, 3.05) is 11.1 Å². The SMILES string of the molecule is CC(C)(C)OC(=O)NCc1cccc(NCc2sccc2N)c1. The average Bonchev–Trinajstić information content (AvgIpc) is 2.87. The maximum atomic E-state index is 11.7. The van der Waals surface area contributed by atoms with Crippen LogP contribution in [0.25, 0.3) is 0 Å². The fourth-order valence-electron chi connectivity index (χ4n) is 1.96. The number of hydrogen-bond donors (Lipinski definition) is 3. The molecule has 0 bridgehead atoms. The molecule has 1 aromatic heterocycles. The average molecular weight is 333 g/mol. The van der Waals surface area contributed by atoms with Crippen LogP contribution in [-0.4, -0.2) is 11.7 Å². The minimum absolute atomic E-state index is 0.415. The standard InChI is InChI=1S/C17H23N3O2S/c1-17(2,3)22-16(21)20-10-12-5-4-6-13(9-12)19-11-15-14(18)7-8-23-15/h4-9,19H,10-11,18H2,1-3H3,(H,20,21). The quantitative estimate of drug-likeness (QED) is 0.774. The van der Waals surface area contributed by atoms with E-state index in [0.29, 0.717) is 13.1 Å². The Morgan fingerprint density at radius 2 is 2.04 bits per heavy atom. The first-order valence-corrected chi connectivity index (χ1v) is 8.33. The summed E-state index contributed by atoms with van der Waals surface area (Å²) in [6, 6.07) is 9.80. The van der Waals surface area contributed by atoms with Crippen LogP contribution < -0.4 is 16.4 Å². The predicted molar refractivity (Wildman–Crippen MR) is 95.6 cm³/mol. The summed E-state index contributed by atoms with van der Waals surface area (Å²) in [4.78, 5) is 12.8. The topological polar surface area (TPSA) is 76.4 Å². The molecule has 4 N–H and O–H groups in total. The Labute approximate surface area is 140 Å². The Bertz CT molecular complexity index is 662. The van der Waals surface area contributed by atoms with Crippen LogP contribution >= 0.6 is 11.3 Å². The highest BCUT2D eigenvalue weighted by atomic mass is 32.1. The molecule has 2 aromatic rings. The number of thiophene rings is 1. The van der Waals surface area contributed by atoms with E-state index in [2.05, 4.69) is 10.6 Å². The fourth-order valence-corrected chi connectivity index (χ4v) is 2.69. The summed E-state index contributed by atoms with van der Waals surface area (Å²) in [5.74, 6) is 0. The molecule has 0 aliphatic heterocycles. The smallest absolute Gasteiger partial charge is 0.407 e. The second kappa shape index (κ2) is 7.37. The number of alkyl carbamates (subject to hydrolysis) is 1. The normalized spacial score (nSPS) is 11.1. The summed E-state index contributed by atoms with van der Waals surface area (Å²) in [5.41, 5.74) is 8.18. The highest BCUT2D eigenvalue weighted by Gasteiger charge is 2.15. The molecule has 0 unspecified atom stereocenters. The van der Waals surface area contributed by atoms with Crippen LogP contribution in [0.1, 0.15) is 31.2 Å². The van der Waals surface area contributed by atoms with Crippen LogP contribution in [0.4, 0.5) is 16.2 Å². The lowest BCUT2D eigenvalue weighted by molar-refractivity contribution is 0.0523. The van der Waals surface area contributed by atoms with Gasteiger partial charge in [-0.3, -0.25) is 0 Å². The summed E-state index contributed by atoms with van der Waals surface area (Å²) in [7, 11) is 0. The number of hydrogen-bond acceptors (Lipinski definition) is 5. The third-order valence-electron chi connectivity index (χ3n) is 3.00. The molecule has 5 nitrogen and oxygen atoms in total. The number of benzene rings is 1. The maximum absolute atomic E-state index is 11.7. The van der Waals surface area contributed by atoms with Crippen molar-refractivity contribution >= 4 is 28.8 Å². The molecular weight excluding hydrogens is 310 g/mol. The number of nitrogen functional groups attached to an aromatic ring is 1. The van der Waals surface area contributed by atoms with Crippen LogP contribution in [0.5, 0.6) is 0 Å². The summed E-state index contributed by atoms with van der Waals surface area (Å²) < 4.78 is 5.22. The first kappa shape index (κ1) is 17.1. The van der Waals surface area contributed by atoms with Crippen molar-refractivity contribution in [1.82, 2.24) is 5.32 Å². The second-order valence-corrected chi connectivity index (χ2v) is 7.21. The van der Waals surface area contributed by atoms with Crippen molar-refractivity contribution < 1.29 is 9.53 Å². The van der Waals surface area contributed by atoms with Gasteiger partial charge < -0.3 is 21.1 Å². The Hall–Kier alpha value is -2.21. The second-order valence-electron chi connectivity index (χ2n) is 6.21. The number of amides is 1. The maximum Gasteiger partial charge on any atom is 0.407 e. The summed E-state index contributed by atoms with van der Waals surface area (Å²) in [6.07, 6.45) is -0.415. The molecule has 0 aliphatic rings. The third kappa shape index (κ3) is 5.83. The molecule has 124 valence electrons. The van der Waals surface area contributed by atoms with Crippen molar-refractivity contribution in [3.63, 3.8) is 0 Å². The molecule has 6 heteroatoms. The summed E-state index contributed by atoms with van der Waals surface area (Å²) in [5, 5.41) is 8.07. The van der Waals surface area contributed by atoms with Gasteiger partial charge in [0.2, 0.25) is 0 Å². The van der Waals surface area contributed by atoms with Crippen LogP contribution in [0.15, 0.2) is 35.7 Å². The Kier molecular flexibility index (Phi) is 5.50. The van der Waals surface area contributed by atoms with Gasteiger partial charge in [-0.1, -0.05) is 12.1 Å². The van der Waals surface area contributed by atoms with Gasteiger partial charge in [0.1, 0.15) is 5.60 Å². The van der Waals surface area contributed by atoms with E-state index in [1.165, 1.54) is 0 Å². The lowest BCUT2D eigenvalue weighted by Crippen LogP contribution is -2.32. The van der Waals surface area contributed by atoms with E-state index in [4.69, 9.17) is 10.5 Å². The molecule has 23 heavy (non-hydrogen) atoms. The molecule has 1 amide bonds. The van der Waals surface area contributed by atoms with Gasteiger partial charge in [-0.05, 0) is 49.9 Å². The van der Waals surface area contributed by atoms with E-state index in [1.807, 2.05) is 56.5 Å². The summed E-state index contributed by atoms with van der Waals surface area (Å²) >= 11 is 1.63. The van der Waals surface area contributed by atoms with Gasteiger partial charge in [0, 0.05) is 22.8 Å². The number of carbonyl (C=O) groups is 1. The van der Waals surface area contributed by atoms with Crippen LogP contribution in [-0.2, 0) is 17.8 Å². The molecular formula is C17H23N3O2S. The van der Waals surface area contributed by atoms with E-state index in [-0.39, 0.29) is 0 Å². The molecule has 0 spiro atoms. The molecule has 0 aliphatic carbocycles. The molecule has 0 radical (unpaired) electrons. The Morgan fingerprint density at radius 3 is 2.70 bits per heavy atom. The highest BCUT2D eigenvalue weighted by Crippen LogP contribution is 2.20. The van der Waals surface area contributed by atoms with E-state index < -0.39 is 11.7 Å². The van der Waals surface area contributed by atoms with Crippen LogP contribution in [0.2, 0.25) is 0 Å². The van der Waals surface area contributed by atoms with Gasteiger partial charge in [0.15, 0.2) is 0 Å². The van der Waals surface area contributed by atoms with E-state index >= 15 is 0 Å². The van der Waals surface area contributed by atoms with Gasteiger partial charge >= 0.3 is 6.09 Å². The van der Waals surface area contributed by atoms with E-state index in [1.54, 1.807) is 11.3 Å². The summed E-state index contributed by atoms with van der Waals surface area (Å²) in [6.45, 7) is 6.63. The molecule has 0 saturated heterocycles. The predicted octanol–water partition coefficient (Wildman–Crippen LogP) is 3.97. The number of carbonyl (C=O) groups excluding carboxylic acids is 1. The Balaban J connectivity index is 1.87. The van der Waals surface area contributed by atoms with Gasteiger partial charge in [-0.15, -0.1) is 11.3 Å². The number of nitrogens with one attached hydrogen (secondary N) is 2. The van der Waals surface area contributed by atoms with E-state index in [9.17, 15) is 4.79 Å². The van der Waals surface area contributed by atoms with Gasteiger partial charge in [0.05, 0.1) is 6.54 Å². The molecule has 1 aromatic carbocycles. The van der Waals surface area contributed by atoms with Crippen LogP contribution in [0.3, 0.4) is 0 Å². The third-order valence-corrected chi connectivity index (χ3v) is 3.93. The highest BCUT2D eigenvalue weighted by molar-refractivity contribution is 7.10. The molecule has 1 heterocycles. The Morgan fingerprint density at radius 1 is 1.26 bits per heavy atom. The fraction of sp³-hybridized carbons (Fsp3) is 0.353. The molecule has 0 fully saturated rings. The van der Waals surface area contributed by atoms with Gasteiger partial charge in [-0.25, -0.2) is 4.79 Å². The first-order valence-electron chi connectivity index (χ1n) is 7.45. The lowest BCUT2D eigenvalue weighted by atomic mass is 10.2. The van der Waals surface area contributed by atoms with Crippen molar-refractivity contribution in [3.05, 3.63) is 46.2 Å². The zero-order chi connectivity index (χ0) is 16.9. The molecule has 0 saturated carbocycles.